The minimum atomic E-state index is -0.336. The van der Waals surface area contributed by atoms with Crippen LogP contribution in [0.4, 0.5) is 0 Å². The quantitative estimate of drug-likeness (QED) is 0.486. The van der Waals surface area contributed by atoms with Gasteiger partial charge in [-0.05, 0) is 13.3 Å². The van der Waals surface area contributed by atoms with Crippen molar-refractivity contribution in [3.63, 3.8) is 0 Å². The summed E-state index contributed by atoms with van der Waals surface area (Å²) in [6, 6.07) is 2.15. The Morgan fingerprint density at radius 3 is 2.67 bits per heavy atom. The highest BCUT2D eigenvalue weighted by Crippen LogP contribution is 2.33. The Morgan fingerprint density at radius 2 is 2.44 bits per heavy atom. The summed E-state index contributed by atoms with van der Waals surface area (Å²) in [7, 11) is 0. The van der Waals surface area contributed by atoms with Crippen LogP contribution < -0.4 is 0 Å². The lowest BCUT2D eigenvalue weighted by molar-refractivity contribution is -0.117. The lowest BCUT2D eigenvalue weighted by atomic mass is 9.91. The minimum Gasteiger partial charge on any atom is -0.300 e. The first kappa shape index (κ1) is 6.28. The van der Waals surface area contributed by atoms with Gasteiger partial charge in [0.05, 0.1) is 11.5 Å². The number of hydrogen-bond donors (Lipinski definition) is 0. The fourth-order valence-electron chi connectivity index (χ4n) is 1.12. The average Bonchev–Trinajstić information content (AvgIpc) is 2.13. The molecule has 1 fully saturated rings. The van der Waals surface area contributed by atoms with Gasteiger partial charge in [0.15, 0.2) is 0 Å². The van der Waals surface area contributed by atoms with Gasteiger partial charge >= 0.3 is 0 Å². The van der Waals surface area contributed by atoms with E-state index in [0.717, 1.165) is 6.42 Å². The largest absolute Gasteiger partial charge is 0.300 e. The average molecular weight is 123 g/mol. The van der Waals surface area contributed by atoms with Crippen molar-refractivity contribution in [2.75, 3.05) is 0 Å². The summed E-state index contributed by atoms with van der Waals surface area (Å²) in [4.78, 5) is 10.7. The van der Waals surface area contributed by atoms with Crippen molar-refractivity contribution in [3.05, 3.63) is 0 Å². The first-order chi connectivity index (χ1) is 4.16. The summed E-state index contributed by atoms with van der Waals surface area (Å²) in [5.74, 6) is 0.235. The van der Waals surface area contributed by atoms with E-state index in [0.29, 0.717) is 12.8 Å². The predicted octanol–water partition coefficient (Wildman–Crippen LogP) is 1.27. The van der Waals surface area contributed by atoms with Crippen molar-refractivity contribution in [2.24, 2.45) is 5.41 Å². The van der Waals surface area contributed by atoms with Crippen molar-refractivity contribution < 1.29 is 4.79 Å². The van der Waals surface area contributed by atoms with E-state index in [1.54, 1.807) is 0 Å². The van der Waals surface area contributed by atoms with Crippen LogP contribution in [0.2, 0.25) is 0 Å². The predicted molar refractivity (Wildman–Crippen MR) is 32.6 cm³/mol. The molecule has 0 bridgehead atoms. The number of nitriles is 1. The van der Waals surface area contributed by atoms with Crippen LogP contribution in [0.3, 0.4) is 0 Å². The summed E-state index contributed by atoms with van der Waals surface area (Å²) in [5.41, 5.74) is -0.336. The molecule has 0 radical (unpaired) electrons. The number of nitrogens with zero attached hydrogens (tertiary/aromatic N) is 1. The van der Waals surface area contributed by atoms with Crippen molar-refractivity contribution in [2.45, 2.75) is 26.2 Å². The second-order valence-corrected chi connectivity index (χ2v) is 2.89. The molecule has 0 spiro atoms. The van der Waals surface area contributed by atoms with Gasteiger partial charge in [-0.25, -0.2) is 0 Å². The maximum Gasteiger partial charge on any atom is 0.134 e. The molecule has 0 aromatic rings. The topological polar surface area (TPSA) is 40.9 Å². The smallest absolute Gasteiger partial charge is 0.134 e. The van der Waals surface area contributed by atoms with Gasteiger partial charge in [0.1, 0.15) is 5.78 Å². The third-order valence-corrected chi connectivity index (χ3v) is 1.81. The van der Waals surface area contributed by atoms with Crippen LogP contribution >= 0.6 is 0 Å². The second-order valence-electron chi connectivity index (χ2n) is 2.89. The van der Waals surface area contributed by atoms with Crippen LogP contribution in [0, 0.1) is 16.7 Å². The van der Waals surface area contributed by atoms with Crippen LogP contribution in [0.25, 0.3) is 0 Å². The fourth-order valence-corrected chi connectivity index (χ4v) is 1.12. The van der Waals surface area contributed by atoms with Crippen molar-refractivity contribution in [3.8, 4) is 6.07 Å². The highest BCUT2D eigenvalue weighted by atomic mass is 16.1. The van der Waals surface area contributed by atoms with E-state index in [1.165, 1.54) is 0 Å². The van der Waals surface area contributed by atoms with E-state index in [-0.39, 0.29) is 11.2 Å². The van der Waals surface area contributed by atoms with E-state index >= 15 is 0 Å². The Morgan fingerprint density at radius 1 is 1.78 bits per heavy atom. The van der Waals surface area contributed by atoms with Gasteiger partial charge in [-0.1, -0.05) is 0 Å². The van der Waals surface area contributed by atoms with Crippen molar-refractivity contribution in [1.82, 2.24) is 0 Å². The molecule has 2 nitrogen and oxygen atoms in total. The number of carbonyl (C=O) groups excluding carboxylic acids is 1. The molecule has 0 aromatic heterocycles. The maximum atomic E-state index is 10.7. The number of hydrogen-bond acceptors (Lipinski definition) is 2. The molecular weight excluding hydrogens is 114 g/mol. The Labute approximate surface area is 54.5 Å². The summed E-state index contributed by atoms with van der Waals surface area (Å²) in [6.45, 7) is 1.85. The zero-order valence-electron chi connectivity index (χ0n) is 5.48. The molecule has 0 amide bonds. The van der Waals surface area contributed by atoms with Gasteiger partial charge in [0.25, 0.3) is 0 Å². The third kappa shape index (κ3) is 1.10. The molecule has 48 valence electrons. The van der Waals surface area contributed by atoms with E-state index in [4.69, 9.17) is 5.26 Å². The molecule has 9 heavy (non-hydrogen) atoms. The first-order valence-corrected chi connectivity index (χ1v) is 3.09. The zero-order valence-corrected chi connectivity index (χ0v) is 5.48. The van der Waals surface area contributed by atoms with Gasteiger partial charge in [-0.3, -0.25) is 4.79 Å². The van der Waals surface area contributed by atoms with E-state index in [1.807, 2.05) is 6.92 Å². The zero-order chi connectivity index (χ0) is 6.91. The lowest BCUT2D eigenvalue weighted by Gasteiger charge is -2.08. The maximum absolute atomic E-state index is 10.7. The van der Waals surface area contributed by atoms with E-state index in [2.05, 4.69) is 6.07 Å². The summed E-state index contributed by atoms with van der Waals surface area (Å²) in [5, 5.41) is 8.54. The molecule has 0 aromatic carbocycles. The molecule has 1 aliphatic rings. The lowest BCUT2D eigenvalue weighted by Crippen LogP contribution is -2.07. The Balaban J connectivity index is 2.68. The molecule has 0 aliphatic heterocycles. The number of Topliss-reactive ketones (excluding diaryl/α,β-unsaturated/α-hetero) is 1. The summed E-state index contributed by atoms with van der Waals surface area (Å²) in [6.07, 6.45) is 1.82. The Hall–Kier alpha value is -0.840. The molecule has 1 aliphatic carbocycles. The first-order valence-electron chi connectivity index (χ1n) is 3.09. The fraction of sp³-hybridized carbons (Fsp3) is 0.714. The summed E-state index contributed by atoms with van der Waals surface area (Å²) < 4.78 is 0. The second kappa shape index (κ2) is 1.84. The molecule has 1 saturated carbocycles. The standard InChI is InChI=1S/C7H9NO/c1-7(5-8)3-2-6(9)4-7/h2-4H2,1H3/t7-/m1/s1. The molecule has 0 heterocycles. The van der Waals surface area contributed by atoms with Crippen LogP contribution in [-0.4, -0.2) is 5.78 Å². The highest BCUT2D eigenvalue weighted by molar-refractivity contribution is 5.81. The summed E-state index contributed by atoms with van der Waals surface area (Å²) >= 11 is 0. The monoisotopic (exact) mass is 123 g/mol. The highest BCUT2D eigenvalue weighted by Gasteiger charge is 2.33. The van der Waals surface area contributed by atoms with Gasteiger partial charge in [0, 0.05) is 12.8 Å². The van der Waals surface area contributed by atoms with E-state index in [9.17, 15) is 4.79 Å². The number of rotatable bonds is 0. The molecule has 1 rings (SSSR count). The van der Waals surface area contributed by atoms with Gasteiger partial charge in [0.2, 0.25) is 0 Å². The minimum absolute atomic E-state index is 0.235. The molecule has 2 heteroatoms. The van der Waals surface area contributed by atoms with Crippen LogP contribution in [-0.2, 0) is 4.79 Å². The van der Waals surface area contributed by atoms with Gasteiger partial charge in [-0.15, -0.1) is 0 Å². The molecule has 0 saturated heterocycles. The molecular formula is C7H9NO. The van der Waals surface area contributed by atoms with Crippen LogP contribution in [0.15, 0.2) is 0 Å². The molecule has 0 N–H and O–H groups in total. The van der Waals surface area contributed by atoms with Gasteiger partial charge < -0.3 is 0 Å². The molecule has 1 atom stereocenters. The van der Waals surface area contributed by atoms with Crippen molar-refractivity contribution in [1.29, 1.82) is 5.26 Å². The Kier molecular flexibility index (Phi) is 1.28. The SMILES string of the molecule is C[C@@]1(C#N)CCC(=O)C1. The van der Waals surface area contributed by atoms with Crippen LogP contribution in [0.1, 0.15) is 26.2 Å². The normalized spacial score (nSPS) is 34.4. The third-order valence-electron chi connectivity index (χ3n) is 1.81. The number of carbonyl (C=O) groups is 1. The van der Waals surface area contributed by atoms with Gasteiger partial charge in [-0.2, -0.15) is 5.26 Å². The Bertz CT molecular complexity index is 180. The molecule has 0 unspecified atom stereocenters. The van der Waals surface area contributed by atoms with E-state index < -0.39 is 0 Å². The van der Waals surface area contributed by atoms with Crippen molar-refractivity contribution >= 4 is 5.78 Å². The number of ketones is 1. The van der Waals surface area contributed by atoms with Crippen LogP contribution in [0.5, 0.6) is 0 Å².